The molecule has 0 aliphatic carbocycles. The number of carbonyl (C=O) groups excluding carboxylic acids is 1. The lowest BCUT2D eigenvalue weighted by atomic mass is 10.2. The maximum atomic E-state index is 11.7. The Morgan fingerprint density at radius 3 is 2.68 bits per heavy atom. The summed E-state index contributed by atoms with van der Waals surface area (Å²) in [5.41, 5.74) is 0.824. The van der Waals surface area contributed by atoms with Gasteiger partial charge in [0.15, 0.2) is 6.61 Å². The molecule has 2 aromatic carbocycles. The van der Waals surface area contributed by atoms with Gasteiger partial charge < -0.3 is 9.47 Å². The Kier molecular flexibility index (Phi) is 4.95. The lowest BCUT2D eigenvalue weighted by Crippen LogP contribution is -2.17. The lowest BCUT2D eigenvalue weighted by Gasteiger charge is -2.08. The van der Waals surface area contributed by atoms with Crippen LogP contribution in [-0.4, -0.2) is 17.5 Å². The van der Waals surface area contributed by atoms with Crippen LogP contribution in [0.25, 0.3) is 0 Å². The van der Waals surface area contributed by atoms with Crippen LogP contribution >= 0.6 is 11.6 Å². The molecule has 6 nitrogen and oxygen atoms in total. The van der Waals surface area contributed by atoms with Crippen LogP contribution in [0.2, 0.25) is 5.02 Å². The van der Waals surface area contributed by atoms with Crippen LogP contribution < -0.4 is 9.47 Å². The molecule has 0 amide bonds. The van der Waals surface area contributed by atoms with E-state index in [1.807, 2.05) is 19.1 Å². The van der Waals surface area contributed by atoms with E-state index in [0.717, 1.165) is 11.6 Å². The van der Waals surface area contributed by atoms with Crippen LogP contribution in [0.15, 0.2) is 42.5 Å². The number of nitro groups is 1. The molecule has 0 spiro atoms. The van der Waals surface area contributed by atoms with Crippen molar-refractivity contribution in [3.05, 3.63) is 63.2 Å². The summed E-state index contributed by atoms with van der Waals surface area (Å²) in [6.07, 6.45) is 0. The van der Waals surface area contributed by atoms with Crippen LogP contribution in [0.5, 0.6) is 11.5 Å². The maximum Gasteiger partial charge on any atom is 0.349 e. The van der Waals surface area contributed by atoms with Gasteiger partial charge in [-0.25, -0.2) is 4.79 Å². The summed E-state index contributed by atoms with van der Waals surface area (Å²) in [6, 6.07) is 10.8. The molecule has 7 heteroatoms. The lowest BCUT2D eigenvalue weighted by molar-refractivity contribution is -0.384. The summed E-state index contributed by atoms with van der Waals surface area (Å²) in [5, 5.41) is 10.6. The zero-order valence-electron chi connectivity index (χ0n) is 11.6. The highest BCUT2D eigenvalue weighted by molar-refractivity contribution is 6.32. The van der Waals surface area contributed by atoms with E-state index in [0.29, 0.717) is 5.75 Å². The average Bonchev–Trinajstić information content (AvgIpc) is 2.47. The molecule has 0 aliphatic heterocycles. The van der Waals surface area contributed by atoms with Crippen LogP contribution in [0.3, 0.4) is 0 Å². The van der Waals surface area contributed by atoms with E-state index in [-0.39, 0.29) is 23.1 Å². The van der Waals surface area contributed by atoms with E-state index in [1.165, 1.54) is 12.1 Å². The number of hydrogen-bond acceptors (Lipinski definition) is 5. The summed E-state index contributed by atoms with van der Waals surface area (Å²) in [5.74, 6) is -0.0610. The Morgan fingerprint density at radius 2 is 2.05 bits per heavy atom. The van der Waals surface area contributed by atoms with Gasteiger partial charge in [-0.15, -0.1) is 0 Å². The van der Waals surface area contributed by atoms with Gasteiger partial charge in [0.05, 0.1) is 9.95 Å². The Hall–Kier alpha value is -2.60. The zero-order chi connectivity index (χ0) is 16.1. The van der Waals surface area contributed by atoms with E-state index in [4.69, 9.17) is 21.1 Å². The van der Waals surface area contributed by atoms with Crippen molar-refractivity contribution in [3.63, 3.8) is 0 Å². The van der Waals surface area contributed by atoms with Crippen molar-refractivity contribution in [2.45, 2.75) is 6.92 Å². The summed E-state index contributed by atoms with van der Waals surface area (Å²) in [4.78, 5) is 21.7. The van der Waals surface area contributed by atoms with Crippen molar-refractivity contribution < 1.29 is 19.2 Å². The number of ether oxygens (including phenoxy) is 2. The minimum atomic E-state index is -0.655. The highest BCUT2D eigenvalue weighted by atomic mass is 35.5. The molecule has 22 heavy (non-hydrogen) atoms. The molecule has 0 unspecified atom stereocenters. The number of nitrogens with zero attached hydrogens (tertiary/aromatic N) is 1. The van der Waals surface area contributed by atoms with Crippen molar-refractivity contribution in [2.24, 2.45) is 0 Å². The minimum absolute atomic E-state index is 0.0156. The first-order valence-electron chi connectivity index (χ1n) is 6.30. The standard InChI is InChI=1S/C15H12ClNO5/c1-10-3-2-4-12(7-10)21-9-15(18)22-14-6-5-11(17(19)20)8-13(14)16/h2-8H,9H2,1H3. The van der Waals surface area contributed by atoms with Crippen molar-refractivity contribution >= 4 is 23.3 Å². The third-order valence-electron chi connectivity index (χ3n) is 2.70. The molecule has 0 atom stereocenters. The molecule has 0 radical (unpaired) electrons. The van der Waals surface area contributed by atoms with Crippen LogP contribution in [0.1, 0.15) is 5.56 Å². The first kappa shape index (κ1) is 15.8. The monoisotopic (exact) mass is 321 g/mol. The fourth-order valence-electron chi connectivity index (χ4n) is 1.69. The normalized spacial score (nSPS) is 10.1. The van der Waals surface area contributed by atoms with Gasteiger partial charge in [-0.3, -0.25) is 10.1 Å². The molecule has 0 saturated carbocycles. The number of halogens is 1. The second-order valence-corrected chi connectivity index (χ2v) is 4.86. The second-order valence-electron chi connectivity index (χ2n) is 4.45. The van der Waals surface area contributed by atoms with Gasteiger partial charge >= 0.3 is 5.97 Å². The molecule has 2 rings (SSSR count). The van der Waals surface area contributed by atoms with Gasteiger partial charge in [0, 0.05) is 12.1 Å². The van der Waals surface area contributed by atoms with Crippen molar-refractivity contribution in [2.75, 3.05) is 6.61 Å². The molecule has 0 heterocycles. The van der Waals surface area contributed by atoms with Crippen LogP contribution in [0.4, 0.5) is 5.69 Å². The third-order valence-corrected chi connectivity index (χ3v) is 2.99. The molecular weight excluding hydrogens is 310 g/mol. The SMILES string of the molecule is Cc1cccc(OCC(=O)Oc2ccc([N+](=O)[O-])cc2Cl)c1. The number of rotatable bonds is 5. The Morgan fingerprint density at radius 1 is 1.27 bits per heavy atom. The van der Waals surface area contributed by atoms with Crippen molar-refractivity contribution in [1.82, 2.24) is 0 Å². The molecule has 0 saturated heterocycles. The molecule has 114 valence electrons. The van der Waals surface area contributed by atoms with Crippen molar-refractivity contribution in [3.8, 4) is 11.5 Å². The Balaban J connectivity index is 1.96. The zero-order valence-corrected chi connectivity index (χ0v) is 12.4. The topological polar surface area (TPSA) is 78.7 Å². The van der Waals surface area contributed by atoms with E-state index in [9.17, 15) is 14.9 Å². The average molecular weight is 322 g/mol. The minimum Gasteiger partial charge on any atom is -0.482 e. The predicted molar refractivity (Wildman–Crippen MR) is 80.4 cm³/mol. The van der Waals surface area contributed by atoms with E-state index >= 15 is 0 Å². The van der Waals surface area contributed by atoms with Crippen LogP contribution in [0, 0.1) is 17.0 Å². The van der Waals surface area contributed by atoms with Gasteiger partial charge in [0.1, 0.15) is 11.5 Å². The van der Waals surface area contributed by atoms with Gasteiger partial charge in [-0.2, -0.15) is 0 Å². The smallest absolute Gasteiger partial charge is 0.349 e. The third kappa shape index (κ3) is 4.20. The Bertz CT molecular complexity index is 717. The molecular formula is C15H12ClNO5. The quantitative estimate of drug-likeness (QED) is 0.364. The number of non-ortho nitro benzene ring substituents is 1. The first-order chi connectivity index (χ1) is 10.5. The van der Waals surface area contributed by atoms with Crippen molar-refractivity contribution in [1.29, 1.82) is 0 Å². The maximum absolute atomic E-state index is 11.7. The van der Waals surface area contributed by atoms with Gasteiger partial charge in [0.2, 0.25) is 0 Å². The summed E-state index contributed by atoms with van der Waals surface area (Å²) >= 11 is 5.83. The molecule has 0 fully saturated rings. The van der Waals surface area contributed by atoms with Gasteiger partial charge in [-0.05, 0) is 30.7 Å². The number of nitro benzene ring substituents is 1. The van der Waals surface area contributed by atoms with Crippen LogP contribution in [-0.2, 0) is 4.79 Å². The molecule has 0 bridgehead atoms. The van der Waals surface area contributed by atoms with E-state index in [1.54, 1.807) is 12.1 Å². The number of hydrogen-bond donors (Lipinski definition) is 0. The van der Waals surface area contributed by atoms with E-state index < -0.39 is 10.9 Å². The van der Waals surface area contributed by atoms with Gasteiger partial charge in [-0.1, -0.05) is 23.7 Å². The number of esters is 1. The first-order valence-corrected chi connectivity index (χ1v) is 6.67. The predicted octanol–water partition coefficient (Wildman–Crippen LogP) is 3.54. The molecule has 0 aliphatic rings. The number of benzene rings is 2. The summed E-state index contributed by atoms with van der Waals surface area (Å²) < 4.78 is 10.3. The fraction of sp³-hybridized carbons (Fsp3) is 0.133. The number of aryl methyl sites for hydroxylation is 1. The highest BCUT2D eigenvalue weighted by Gasteiger charge is 2.13. The highest BCUT2D eigenvalue weighted by Crippen LogP contribution is 2.28. The molecule has 0 aromatic heterocycles. The second kappa shape index (κ2) is 6.91. The molecule has 2 aromatic rings. The van der Waals surface area contributed by atoms with E-state index in [2.05, 4.69) is 0 Å². The largest absolute Gasteiger partial charge is 0.482 e. The molecule has 0 N–H and O–H groups in total. The number of carbonyl (C=O) groups is 1. The summed E-state index contributed by atoms with van der Waals surface area (Å²) in [7, 11) is 0. The van der Waals surface area contributed by atoms with Gasteiger partial charge in [0.25, 0.3) is 5.69 Å². The fourth-order valence-corrected chi connectivity index (χ4v) is 1.90. The summed E-state index contributed by atoms with van der Waals surface area (Å²) in [6.45, 7) is 1.61. The Labute approximate surface area is 131 Å².